The van der Waals surface area contributed by atoms with Crippen molar-refractivity contribution in [2.75, 3.05) is 11.9 Å². The van der Waals surface area contributed by atoms with Gasteiger partial charge in [-0.3, -0.25) is 0 Å². The van der Waals surface area contributed by atoms with E-state index in [1.54, 1.807) is 11.6 Å². The number of anilines is 1. The fourth-order valence-corrected chi connectivity index (χ4v) is 4.06. The molecular weight excluding hydrogens is 496 g/mol. The maximum Gasteiger partial charge on any atom is 0.338 e. The Morgan fingerprint density at radius 2 is 2.16 bits per heavy atom. The van der Waals surface area contributed by atoms with Crippen molar-refractivity contribution < 1.29 is 14.3 Å². The van der Waals surface area contributed by atoms with E-state index < -0.39 is 12.0 Å². The molecule has 0 saturated heterocycles. The van der Waals surface area contributed by atoms with E-state index in [0.29, 0.717) is 28.0 Å². The molecular formula is C23H20BrClN4O3. The van der Waals surface area contributed by atoms with Gasteiger partial charge in [-0.05, 0) is 31.2 Å². The van der Waals surface area contributed by atoms with E-state index in [9.17, 15) is 4.79 Å². The van der Waals surface area contributed by atoms with Gasteiger partial charge in [-0.25, -0.2) is 9.48 Å². The Morgan fingerprint density at radius 3 is 2.94 bits per heavy atom. The standard InChI is InChI=1S/C23H20BrClN4O3/c1-3-10-31-22(30)20-14(2)28-23-26-13-27-29(23)21(20)17-11-16(24)8-9-19(17)32-12-15-6-4-5-7-18(15)25/h3-9,11,13,21H,1,10,12H2,2H3,(H,26,27,28). The molecule has 0 saturated carbocycles. The monoisotopic (exact) mass is 514 g/mol. The smallest absolute Gasteiger partial charge is 0.338 e. The van der Waals surface area contributed by atoms with Gasteiger partial charge in [0.05, 0.1) is 5.57 Å². The summed E-state index contributed by atoms with van der Waals surface area (Å²) >= 11 is 9.83. The van der Waals surface area contributed by atoms with E-state index in [2.05, 4.69) is 37.9 Å². The van der Waals surface area contributed by atoms with Crippen LogP contribution in [0.4, 0.5) is 5.95 Å². The summed E-state index contributed by atoms with van der Waals surface area (Å²) in [5.41, 5.74) is 2.61. The highest BCUT2D eigenvalue weighted by Crippen LogP contribution is 2.40. The molecule has 1 N–H and O–H groups in total. The number of carbonyl (C=O) groups is 1. The Hall–Kier alpha value is -3.10. The third-order valence-corrected chi connectivity index (χ3v) is 5.82. The molecule has 2 aromatic carbocycles. The number of nitrogens with one attached hydrogen (secondary N) is 1. The first-order valence-corrected chi connectivity index (χ1v) is 11.0. The van der Waals surface area contributed by atoms with Crippen molar-refractivity contribution in [1.82, 2.24) is 14.8 Å². The first kappa shape index (κ1) is 22.1. The first-order chi connectivity index (χ1) is 15.5. The SMILES string of the molecule is C=CCOC(=O)C1=C(C)Nc2ncnn2C1c1cc(Br)ccc1OCc1ccccc1Cl. The maximum absolute atomic E-state index is 13.0. The molecule has 1 unspecified atom stereocenters. The van der Waals surface area contributed by atoms with Gasteiger partial charge >= 0.3 is 5.97 Å². The highest BCUT2D eigenvalue weighted by Gasteiger charge is 2.36. The number of benzene rings is 2. The van der Waals surface area contributed by atoms with Crippen LogP contribution in [-0.4, -0.2) is 27.3 Å². The Bertz CT molecular complexity index is 1210. The molecule has 32 heavy (non-hydrogen) atoms. The van der Waals surface area contributed by atoms with Gasteiger partial charge in [-0.1, -0.05) is 58.4 Å². The number of aromatic nitrogens is 3. The van der Waals surface area contributed by atoms with Crippen molar-refractivity contribution in [3.63, 3.8) is 0 Å². The average molecular weight is 516 g/mol. The number of nitrogens with zero attached hydrogens (tertiary/aromatic N) is 3. The summed E-state index contributed by atoms with van der Waals surface area (Å²) in [6, 6.07) is 12.5. The summed E-state index contributed by atoms with van der Waals surface area (Å²) < 4.78 is 14.0. The van der Waals surface area contributed by atoms with Crippen LogP contribution in [0.15, 0.2) is 77.2 Å². The molecule has 0 amide bonds. The minimum Gasteiger partial charge on any atom is -0.488 e. The van der Waals surface area contributed by atoms with Crippen molar-refractivity contribution in [2.45, 2.75) is 19.6 Å². The predicted molar refractivity (Wildman–Crippen MR) is 126 cm³/mol. The quantitative estimate of drug-likeness (QED) is 0.340. The van der Waals surface area contributed by atoms with Crippen molar-refractivity contribution in [1.29, 1.82) is 0 Å². The summed E-state index contributed by atoms with van der Waals surface area (Å²) in [5.74, 6) is 0.631. The van der Waals surface area contributed by atoms with Gasteiger partial charge in [0.25, 0.3) is 0 Å². The number of allylic oxidation sites excluding steroid dienone is 1. The normalized spacial score (nSPS) is 15.0. The number of rotatable bonds is 7. The molecule has 1 aromatic heterocycles. The summed E-state index contributed by atoms with van der Waals surface area (Å²) in [6.07, 6.45) is 2.96. The van der Waals surface area contributed by atoms with Crippen LogP contribution in [0.5, 0.6) is 5.75 Å². The van der Waals surface area contributed by atoms with Gasteiger partial charge in [0, 0.05) is 26.3 Å². The molecule has 2 heterocycles. The minimum absolute atomic E-state index is 0.0981. The second-order valence-corrected chi connectivity index (χ2v) is 8.37. The van der Waals surface area contributed by atoms with Crippen LogP contribution in [0, 0.1) is 0 Å². The molecule has 1 aliphatic rings. The second-order valence-electron chi connectivity index (χ2n) is 7.04. The number of carbonyl (C=O) groups excluding carboxylic acids is 1. The fraction of sp³-hybridized carbons (Fsp3) is 0.174. The van der Waals surface area contributed by atoms with Gasteiger partial charge in [0.15, 0.2) is 0 Å². The number of fused-ring (bicyclic) bond motifs is 1. The van der Waals surface area contributed by atoms with E-state index in [4.69, 9.17) is 21.1 Å². The molecule has 3 aromatic rings. The van der Waals surface area contributed by atoms with Crippen LogP contribution in [0.25, 0.3) is 0 Å². The topological polar surface area (TPSA) is 78.3 Å². The first-order valence-electron chi connectivity index (χ1n) is 9.80. The summed E-state index contributed by atoms with van der Waals surface area (Å²) in [5, 5.41) is 8.09. The highest BCUT2D eigenvalue weighted by atomic mass is 79.9. The molecule has 1 aliphatic heterocycles. The average Bonchev–Trinajstić information content (AvgIpc) is 3.24. The van der Waals surface area contributed by atoms with Crippen LogP contribution in [0.3, 0.4) is 0 Å². The lowest BCUT2D eigenvalue weighted by Gasteiger charge is -2.29. The number of halogens is 2. The number of ether oxygens (including phenoxy) is 2. The molecule has 164 valence electrons. The number of hydrogen-bond donors (Lipinski definition) is 1. The summed E-state index contributed by atoms with van der Waals surface area (Å²) in [7, 11) is 0. The fourth-order valence-electron chi connectivity index (χ4n) is 3.49. The Balaban J connectivity index is 1.77. The van der Waals surface area contributed by atoms with E-state index >= 15 is 0 Å². The van der Waals surface area contributed by atoms with E-state index in [0.717, 1.165) is 15.6 Å². The molecule has 4 rings (SSSR count). The van der Waals surface area contributed by atoms with Gasteiger partial charge in [0.2, 0.25) is 5.95 Å². The minimum atomic E-state index is -0.607. The van der Waals surface area contributed by atoms with Gasteiger partial charge < -0.3 is 14.8 Å². The van der Waals surface area contributed by atoms with Crippen LogP contribution in [0.1, 0.15) is 24.1 Å². The third kappa shape index (κ3) is 4.42. The lowest BCUT2D eigenvalue weighted by atomic mass is 9.95. The molecule has 0 radical (unpaired) electrons. The zero-order valence-corrected chi connectivity index (χ0v) is 19.6. The Kier molecular flexibility index (Phi) is 6.62. The van der Waals surface area contributed by atoms with Crippen LogP contribution >= 0.6 is 27.5 Å². The van der Waals surface area contributed by atoms with Crippen molar-refractivity contribution in [3.05, 3.63) is 93.3 Å². The zero-order chi connectivity index (χ0) is 22.7. The Labute approximate surface area is 198 Å². The lowest BCUT2D eigenvalue weighted by molar-refractivity contribution is -0.138. The van der Waals surface area contributed by atoms with Crippen LogP contribution in [-0.2, 0) is 16.1 Å². The van der Waals surface area contributed by atoms with E-state index in [-0.39, 0.29) is 13.2 Å². The molecule has 0 aliphatic carbocycles. The summed E-state index contributed by atoms with van der Waals surface area (Å²) in [4.78, 5) is 17.3. The molecule has 0 fully saturated rings. The van der Waals surface area contributed by atoms with Crippen molar-refractivity contribution >= 4 is 39.4 Å². The van der Waals surface area contributed by atoms with Crippen LogP contribution in [0.2, 0.25) is 5.02 Å². The molecule has 0 spiro atoms. The van der Waals surface area contributed by atoms with E-state index in [1.165, 1.54) is 12.4 Å². The number of hydrogen-bond acceptors (Lipinski definition) is 6. The summed E-state index contributed by atoms with van der Waals surface area (Å²) in [6.45, 7) is 5.78. The molecule has 1 atom stereocenters. The largest absolute Gasteiger partial charge is 0.488 e. The predicted octanol–water partition coefficient (Wildman–Crippen LogP) is 5.29. The van der Waals surface area contributed by atoms with Gasteiger partial charge in [-0.15, -0.1) is 0 Å². The third-order valence-electron chi connectivity index (χ3n) is 4.95. The molecule has 0 bridgehead atoms. The van der Waals surface area contributed by atoms with Crippen molar-refractivity contribution in [2.24, 2.45) is 0 Å². The van der Waals surface area contributed by atoms with Crippen LogP contribution < -0.4 is 10.1 Å². The lowest BCUT2D eigenvalue weighted by Crippen LogP contribution is -2.30. The zero-order valence-electron chi connectivity index (χ0n) is 17.2. The number of esters is 1. The van der Waals surface area contributed by atoms with Gasteiger partial charge in [0.1, 0.15) is 31.3 Å². The molecule has 9 heteroatoms. The Morgan fingerprint density at radius 1 is 1.34 bits per heavy atom. The van der Waals surface area contributed by atoms with E-state index in [1.807, 2.05) is 42.5 Å². The highest BCUT2D eigenvalue weighted by molar-refractivity contribution is 9.10. The molecule has 7 nitrogen and oxygen atoms in total. The van der Waals surface area contributed by atoms with Gasteiger partial charge in [-0.2, -0.15) is 10.1 Å². The van der Waals surface area contributed by atoms with Crippen molar-refractivity contribution in [3.8, 4) is 5.75 Å². The maximum atomic E-state index is 13.0. The second kappa shape index (κ2) is 9.58.